The van der Waals surface area contributed by atoms with Crippen molar-refractivity contribution in [3.63, 3.8) is 0 Å². The van der Waals surface area contributed by atoms with Crippen molar-refractivity contribution in [1.82, 2.24) is 9.88 Å². The summed E-state index contributed by atoms with van der Waals surface area (Å²) in [6, 6.07) is 17.2. The third kappa shape index (κ3) is 6.02. The van der Waals surface area contributed by atoms with Gasteiger partial charge in [-0.15, -0.1) is 0 Å². The fourth-order valence-corrected chi connectivity index (χ4v) is 6.11. The van der Waals surface area contributed by atoms with Crippen molar-refractivity contribution >= 4 is 21.6 Å². The van der Waals surface area contributed by atoms with E-state index in [1.807, 2.05) is 54.1 Å². The van der Waals surface area contributed by atoms with E-state index in [1.165, 1.54) is 6.07 Å². The average Bonchev–Trinajstić information content (AvgIpc) is 3.56. The highest BCUT2D eigenvalue weighted by atomic mass is 32.2. The Morgan fingerprint density at radius 2 is 1.79 bits per heavy atom. The van der Waals surface area contributed by atoms with Gasteiger partial charge in [-0.1, -0.05) is 30.3 Å². The molecule has 0 radical (unpaired) electrons. The van der Waals surface area contributed by atoms with E-state index in [-0.39, 0.29) is 19.4 Å². The van der Waals surface area contributed by atoms with E-state index in [2.05, 4.69) is 10.6 Å². The van der Waals surface area contributed by atoms with Gasteiger partial charge in [0.2, 0.25) is 5.91 Å². The van der Waals surface area contributed by atoms with Crippen LogP contribution in [0.15, 0.2) is 71.8 Å². The monoisotopic (exact) mass is 544 g/mol. The number of nitrogens with zero attached hydrogens (tertiary/aromatic N) is 2. The highest BCUT2D eigenvalue weighted by Crippen LogP contribution is 2.37. The maximum absolute atomic E-state index is 13.7. The van der Waals surface area contributed by atoms with E-state index in [0.717, 1.165) is 29.4 Å². The van der Waals surface area contributed by atoms with E-state index >= 15 is 0 Å². The first kappa shape index (κ1) is 27.3. The average molecular weight is 545 g/mol. The molecule has 0 bridgehead atoms. The van der Waals surface area contributed by atoms with E-state index in [1.54, 1.807) is 6.07 Å². The second-order valence-corrected chi connectivity index (χ2v) is 11.6. The summed E-state index contributed by atoms with van der Waals surface area (Å²) in [7, 11) is -4.52. The Hall–Kier alpha value is -3.78. The van der Waals surface area contributed by atoms with Gasteiger partial charge in [0.15, 0.2) is 9.84 Å². The number of benzene rings is 2. The summed E-state index contributed by atoms with van der Waals surface area (Å²) in [5.74, 6) is 0.0423. The van der Waals surface area contributed by atoms with Crippen molar-refractivity contribution in [3.8, 4) is 11.8 Å². The highest BCUT2D eigenvalue weighted by Gasteiger charge is 2.45. The van der Waals surface area contributed by atoms with Crippen LogP contribution in [0.1, 0.15) is 36.8 Å². The van der Waals surface area contributed by atoms with Gasteiger partial charge in [0.05, 0.1) is 21.8 Å². The Morgan fingerprint density at radius 3 is 2.42 bits per heavy atom. The molecule has 1 aliphatic carbocycles. The fraction of sp³-hybridized carbons (Fsp3) is 0.333. The second-order valence-electron chi connectivity index (χ2n) is 9.43. The number of hydrogen-bond donors (Lipinski definition) is 2. The van der Waals surface area contributed by atoms with Crippen molar-refractivity contribution in [2.24, 2.45) is 0 Å². The SMILES string of the molecule is Cc1cc(NCC(CCC(=O)NC2(C#N)CC2)S(=O)(=O)c2ccccc2C(F)(F)F)n(-c2ccccc2)c1. The number of amides is 1. The molecule has 4 rings (SSSR count). The Labute approximate surface area is 219 Å². The van der Waals surface area contributed by atoms with Crippen LogP contribution in [-0.4, -0.2) is 36.2 Å². The smallest absolute Gasteiger partial charge is 0.370 e. The molecule has 200 valence electrons. The van der Waals surface area contributed by atoms with Gasteiger partial charge < -0.3 is 15.2 Å². The zero-order valence-electron chi connectivity index (χ0n) is 20.6. The molecule has 0 saturated heterocycles. The molecule has 7 nitrogen and oxygen atoms in total. The minimum Gasteiger partial charge on any atom is -0.370 e. The van der Waals surface area contributed by atoms with E-state index in [9.17, 15) is 31.6 Å². The molecular weight excluding hydrogens is 517 g/mol. The van der Waals surface area contributed by atoms with Crippen LogP contribution < -0.4 is 10.6 Å². The number of nitriles is 1. The van der Waals surface area contributed by atoms with Crippen LogP contribution in [0.5, 0.6) is 0 Å². The number of para-hydroxylation sites is 1. The molecular formula is C27H27F3N4O3S. The molecule has 1 heterocycles. The lowest BCUT2D eigenvalue weighted by molar-refractivity contribution is -0.139. The fourth-order valence-electron chi connectivity index (χ4n) is 4.26. The molecule has 3 aromatic rings. The summed E-state index contributed by atoms with van der Waals surface area (Å²) in [4.78, 5) is 11.7. The molecule has 1 amide bonds. The lowest BCUT2D eigenvalue weighted by atomic mass is 10.2. The lowest BCUT2D eigenvalue weighted by Crippen LogP contribution is -2.37. The van der Waals surface area contributed by atoms with Gasteiger partial charge in [0, 0.05) is 24.8 Å². The topological polar surface area (TPSA) is 104 Å². The third-order valence-electron chi connectivity index (χ3n) is 6.48. The molecule has 1 aliphatic rings. The summed E-state index contributed by atoms with van der Waals surface area (Å²) in [5.41, 5.74) is -0.473. The molecule has 2 aromatic carbocycles. The van der Waals surface area contributed by atoms with Crippen LogP contribution in [0, 0.1) is 18.3 Å². The van der Waals surface area contributed by atoms with Crippen LogP contribution in [-0.2, 0) is 20.8 Å². The Kier molecular flexibility index (Phi) is 7.56. The first-order valence-electron chi connectivity index (χ1n) is 12.1. The first-order chi connectivity index (χ1) is 17.9. The molecule has 0 aliphatic heterocycles. The van der Waals surface area contributed by atoms with Gasteiger partial charge in [-0.3, -0.25) is 4.79 Å². The molecule has 1 unspecified atom stereocenters. The number of anilines is 1. The Morgan fingerprint density at radius 1 is 1.13 bits per heavy atom. The van der Waals surface area contributed by atoms with Crippen LogP contribution in [0.25, 0.3) is 5.69 Å². The Bertz CT molecular complexity index is 1460. The van der Waals surface area contributed by atoms with Gasteiger partial charge in [-0.25, -0.2) is 8.42 Å². The maximum atomic E-state index is 13.7. The molecule has 0 spiro atoms. The van der Waals surface area contributed by atoms with Gasteiger partial charge in [-0.05, 0) is 62.1 Å². The number of halogens is 3. The van der Waals surface area contributed by atoms with Crippen molar-refractivity contribution in [2.45, 2.75) is 54.5 Å². The maximum Gasteiger partial charge on any atom is 0.417 e. The normalized spacial score (nSPS) is 15.3. The van der Waals surface area contributed by atoms with E-state index in [0.29, 0.717) is 18.7 Å². The molecule has 1 saturated carbocycles. The van der Waals surface area contributed by atoms with Crippen molar-refractivity contribution in [2.75, 3.05) is 11.9 Å². The third-order valence-corrected chi connectivity index (χ3v) is 8.72. The lowest BCUT2D eigenvalue weighted by Gasteiger charge is -2.22. The van der Waals surface area contributed by atoms with Gasteiger partial charge >= 0.3 is 6.18 Å². The van der Waals surface area contributed by atoms with Crippen molar-refractivity contribution < 1.29 is 26.4 Å². The number of aromatic nitrogens is 1. The second kappa shape index (κ2) is 10.5. The quantitative estimate of drug-likeness (QED) is 0.373. The van der Waals surface area contributed by atoms with E-state index in [4.69, 9.17) is 0 Å². The van der Waals surface area contributed by atoms with E-state index < -0.39 is 43.2 Å². The van der Waals surface area contributed by atoms with Crippen molar-refractivity contribution in [1.29, 1.82) is 5.26 Å². The number of sulfone groups is 1. The zero-order chi connectivity index (χ0) is 27.6. The minimum atomic E-state index is -4.87. The highest BCUT2D eigenvalue weighted by molar-refractivity contribution is 7.92. The summed E-state index contributed by atoms with van der Waals surface area (Å²) >= 11 is 0. The molecule has 38 heavy (non-hydrogen) atoms. The van der Waals surface area contributed by atoms with Gasteiger partial charge in [0.25, 0.3) is 0 Å². The Balaban J connectivity index is 1.62. The van der Waals surface area contributed by atoms with Crippen molar-refractivity contribution in [3.05, 3.63) is 78.0 Å². The van der Waals surface area contributed by atoms with Crippen LogP contribution >= 0.6 is 0 Å². The van der Waals surface area contributed by atoms with Gasteiger partial charge in [-0.2, -0.15) is 18.4 Å². The predicted octanol–water partition coefficient (Wildman–Crippen LogP) is 5.01. The zero-order valence-corrected chi connectivity index (χ0v) is 21.4. The number of alkyl halides is 3. The summed E-state index contributed by atoms with van der Waals surface area (Å²) in [6.07, 6.45) is -2.50. The number of nitrogens with one attached hydrogen (secondary N) is 2. The number of carbonyl (C=O) groups excluding carboxylic acids is 1. The molecule has 11 heteroatoms. The number of carbonyl (C=O) groups is 1. The van der Waals surface area contributed by atoms with Gasteiger partial charge in [0.1, 0.15) is 11.4 Å². The number of hydrogen-bond acceptors (Lipinski definition) is 5. The summed E-state index contributed by atoms with van der Waals surface area (Å²) in [6.45, 7) is 1.63. The standard InChI is InChI=1S/C27H27F3N4O3S/c1-19-15-24(34(17-19)20-7-3-2-4-8-20)32-16-21(11-12-25(35)33-26(18-31)13-14-26)38(36,37)23-10-6-5-9-22(23)27(28,29)30/h2-10,15,17,21,32H,11-14,16H2,1H3,(H,33,35). The van der Waals surface area contributed by atoms with Crippen LogP contribution in [0.3, 0.4) is 0 Å². The summed E-state index contributed by atoms with van der Waals surface area (Å²) < 4.78 is 70.2. The van der Waals surface area contributed by atoms with Crippen LogP contribution in [0.4, 0.5) is 19.0 Å². The number of rotatable bonds is 10. The number of aryl methyl sites for hydroxylation is 1. The minimum absolute atomic E-state index is 0.235. The molecule has 1 atom stereocenters. The summed E-state index contributed by atoms with van der Waals surface area (Å²) in [5, 5.41) is 13.6. The molecule has 1 aromatic heterocycles. The largest absolute Gasteiger partial charge is 0.417 e. The molecule has 1 fully saturated rings. The predicted molar refractivity (Wildman–Crippen MR) is 136 cm³/mol. The van der Waals surface area contributed by atoms with Crippen LogP contribution in [0.2, 0.25) is 0 Å². The molecule has 2 N–H and O–H groups in total. The first-order valence-corrected chi connectivity index (χ1v) is 13.6.